The van der Waals surface area contributed by atoms with Crippen molar-refractivity contribution in [3.8, 4) is 5.75 Å². The Morgan fingerprint density at radius 2 is 1.71 bits per heavy atom. The van der Waals surface area contributed by atoms with Crippen molar-refractivity contribution < 1.29 is 23.9 Å². The van der Waals surface area contributed by atoms with E-state index < -0.39 is 29.9 Å². The maximum atomic E-state index is 12.2. The van der Waals surface area contributed by atoms with E-state index in [0.29, 0.717) is 22.0 Å². The normalized spacial score (nSPS) is 12.4. The van der Waals surface area contributed by atoms with Crippen molar-refractivity contribution >= 4 is 35.1 Å². The molecular weight excluding hydrogens is 384 g/mol. The fourth-order valence-electron chi connectivity index (χ4n) is 2.25. The van der Waals surface area contributed by atoms with Crippen molar-refractivity contribution in [2.45, 2.75) is 26.0 Å². The van der Waals surface area contributed by atoms with Crippen LogP contribution >= 0.6 is 11.6 Å². The molecule has 2 amide bonds. The maximum Gasteiger partial charge on any atom is 0.329 e. The van der Waals surface area contributed by atoms with Gasteiger partial charge in [0.25, 0.3) is 11.8 Å². The molecule has 0 aliphatic rings. The summed E-state index contributed by atoms with van der Waals surface area (Å²) < 4.78 is 10.2. The highest BCUT2D eigenvalue weighted by atomic mass is 35.5. The quantitative estimate of drug-likeness (QED) is 0.692. The predicted octanol–water partition coefficient (Wildman–Crippen LogP) is 3.04. The SMILES string of the molecule is COc1ccc(NC(=O)[C@H](C)OC(=O)[C@H](C)NC(=O)c2ccccc2)cc1Cl. The standard InChI is InChI=1S/C20H21ClN2O5/c1-12(22-19(25)14-7-5-4-6-8-14)20(26)28-13(2)18(24)23-15-9-10-17(27-3)16(21)11-15/h4-13H,1-3H3,(H,22,25)(H,23,24)/t12-,13-/m0/s1. The van der Waals surface area contributed by atoms with Crippen molar-refractivity contribution in [3.63, 3.8) is 0 Å². The van der Waals surface area contributed by atoms with Crippen LogP contribution in [0.2, 0.25) is 5.02 Å². The summed E-state index contributed by atoms with van der Waals surface area (Å²) in [5, 5.41) is 5.47. The van der Waals surface area contributed by atoms with Crippen molar-refractivity contribution in [1.82, 2.24) is 5.32 Å². The van der Waals surface area contributed by atoms with Gasteiger partial charge in [-0.15, -0.1) is 0 Å². The van der Waals surface area contributed by atoms with Crippen LogP contribution in [0, 0.1) is 0 Å². The predicted molar refractivity (Wildman–Crippen MR) is 106 cm³/mol. The van der Waals surface area contributed by atoms with Gasteiger partial charge in [-0.3, -0.25) is 9.59 Å². The van der Waals surface area contributed by atoms with Crippen LogP contribution in [0.4, 0.5) is 5.69 Å². The third kappa shape index (κ3) is 5.72. The molecule has 0 radical (unpaired) electrons. The lowest BCUT2D eigenvalue weighted by Crippen LogP contribution is -2.42. The first-order chi connectivity index (χ1) is 13.3. The third-order valence-corrected chi connectivity index (χ3v) is 4.11. The Bertz CT molecular complexity index is 857. The average Bonchev–Trinajstić information content (AvgIpc) is 2.68. The number of esters is 1. The van der Waals surface area contributed by atoms with Gasteiger partial charge in [0.2, 0.25) is 0 Å². The molecule has 2 aromatic carbocycles. The van der Waals surface area contributed by atoms with E-state index in [9.17, 15) is 14.4 Å². The van der Waals surface area contributed by atoms with Crippen LogP contribution in [0.25, 0.3) is 0 Å². The fourth-order valence-corrected chi connectivity index (χ4v) is 2.50. The molecule has 2 aromatic rings. The number of hydrogen-bond donors (Lipinski definition) is 2. The molecule has 8 heteroatoms. The summed E-state index contributed by atoms with van der Waals surface area (Å²) >= 11 is 6.02. The average molecular weight is 405 g/mol. The molecule has 0 aliphatic carbocycles. The Labute approximate surface area is 168 Å². The van der Waals surface area contributed by atoms with E-state index in [4.69, 9.17) is 21.1 Å². The lowest BCUT2D eigenvalue weighted by molar-refractivity contribution is -0.154. The number of nitrogens with one attached hydrogen (secondary N) is 2. The Hall–Kier alpha value is -3.06. The molecule has 0 spiro atoms. The molecule has 2 atom stereocenters. The van der Waals surface area contributed by atoms with E-state index >= 15 is 0 Å². The van der Waals surface area contributed by atoms with Gasteiger partial charge in [0.15, 0.2) is 6.10 Å². The minimum atomic E-state index is -1.07. The molecule has 0 aromatic heterocycles. The topological polar surface area (TPSA) is 93.7 Å². The number of carbonyl (C=O) groups is 3. The summed E-state index contributed by atoms with van der Waals surface area (Å²) in [6, 6.07) is 12.3. The number of carbonyl (C=O) groups excluding carboxylic acids is 3. The van der Waals surface area contributed by atoms with Gasteiger partial charge in [-0.25, -0.2) is 4.79 Å². The minimum Gasteiger partial charge on any atom is -0.495 e. The van der Waals surface area contributed by atoms with E-state index in [-0.39, 0.29) is 0 Å². The first-order valence-electron chi connectivity index (χ1n) is 8.52. The van der Waals surface area contributed by atoms with Crippen molar-refractivity contribution in [3.05, 3.63) is 59.1 Å². The zero-order chi connectivity index (χ0) is 20.7. The molecule has 2 N–H and O–H groups in total. The largest absolute Gasteiger partial charge is 0.495 e. The van der Waals surface area contributed by atoms with Crippen LogP contribution in [0.5, 0.6) is 5.75 Å². The van der Waals surface area contributed by atoms with Gasteiger partial charge in [-0.05, 0) is 44.2 Å². The Kier molecular flexibility index (Phi) is 7.40. The molecular formula is C20H21ClN2O5. The van der Waals surface area contributed by atoms with E-state index in [1.54, 1.807) is 42.5 Å². The van der Waals surface area contributed by atoms with Crippen LogP contribution in [0.3, 0.4) is 0 Å². The van der Waals surface area contributed by atoms with E-state index in [1.165, 1.54) is 27.0 Å². The molecule has 0 saturated carbocycles. The first-order valence-corrected chi connectivity index (χ1v) is 8.90. The molecule has 2 rings (SSSR count). The van der Waals surface area contributed by atoms with E-state index in [0.717, 1.165) is 0 Å². The molecule has 0 fully saturated rings. The van der Waals surface area contributed by atoms with Crippen LogP contribution in [0.1, 0.15) is 24.2 Å². The second-order valence-corrected chi connectivity index (χ2v) is 6.39. The summed E-state index contributed by atoms with van der Waals surface area (Å²) in [6.07, 6.45) is -1.07. The van der Waals surface area contributed by atoms with Gasteiger partial charge in [0, 0.05) is 11.3 Å². The third-order valence-electron chi connectivity index (χ3n) is 3.82. The van der Waals surface area contributed by atoms with Crippen molar-refractivity contribution in [2.24, 2.45) is 0 Å². The molecule has 0 bridgehead atoms. The summed E-state index contributed by atoms with van der Waals surface area (Å²) in [5.41, 5.74) is 0.855. The zero-order valence-electron chi connectivity index (χ0n) is 15.7. The lowest BCUT2D eigenvalue weighted by Gasteiger charge is -2.18. The van der Waals surface area contributed by atoms with Crippen LogP contribution in [0.15, 0.2) is 48.5 Å². The number of benzene rings is 2. The highest BCUT2D eigenvalue weighted by Gasteiger charge is 2.23. The summed E-state index contributed by atoms with van der Waals surface area (Å²) in [7, 11) is 1.48. The Morgan fingerprint density at radius 3 is 2.32 bits per heavy atom. The van der Waals surface area contributed by atoms with Crippen LogP contribution in [-0.2, 0) is 14.3 Å². The van der Waals surface area contributed by atoms with Gasteiger partial charge in [-0.2, -0.15) is 0 Å². The first kappa shape index (κ1) is 21.2. The van der Waals surface area contributed by atoms with E-state index in [1.807, 2.05) is 0 Å². The number of halogens is 1. The monoisotopic (exact) mass is 404 g/mol. The smallest absolute Gasteiger partial charge is 0.329 e. The number of hydrogen-bond acceptors (Lipinski definition) is 5. The number of ether oxygens (including phenoxy) is 2. The number of rotatable bonds is 7. The Morgan fingerprint density at radius 1 is 1.04 bits per heavy atom. The van der Waals surface area contributed by atoms with E-state index in [2.05, 4.69) is 10.6 Å². The minimum absolute atomic E-state index is 0.335. The molecule has 28 heavy (non-hydrogen) atoms. The summed E-state index contributed by atoms with van der Waals surface area (Å²) in [6.45, 7) is 2.92. The van der Waals surface area contributed by atoms with Crippen molar-refractivity contribution in [2.75, 3.05) is 12.4 Å². The second kappa shape index (κ2) is 9.75. The lowest BCUT2D eigenvalue weighted by atomic mass is 10.2. The zero-order valence-corrected chi connectivity index (χ0v) is 16.4. The summed E-state index contributed by atoms with van der Waals surface area (Å²) in [5.74, 6) is -1.19. The molecule has 7 nitrogen and oxygen atoms in total. The van der Waals surface area contributed by atoms with Gasteiger partial charge < -0.3 is 20.1 Å². The van der Waals surface area contributed by atoms with Crippen LogP contribution < -0.4 is 15.4 Å². The highest BCUT2D eigenvalue weighted by molar-refractivity contribution is 6.32. The van der Waals surface area contributed by atoms with Crippen LogP contribution in [-0.4, -0.2) is 37.0 Å². The molecule has 0 unspecified atom stereocenters. The second-order valence-electron chi connectivity index (χ2n) is 5.98. The maximum absolute atomic E-state index is 12.2. The number of methoxy groups -OCH3 is 1. The molecule has 0 aliphatic heterocycles. The highest BCUT2D eigenvalue weighted by Crippen LogP contribution is 2.27. The summed E-state index contributed by atoms with van der Waals surface area (Å²) in [4.78, 5) is 36.5. The fraction of sp³-hybridized carbons (Fsp3) is 0.250. The van der Waals surface area contributed by atoms with Gasteiger partial charge in [-0.1, -0.05) is 29.8 Å². The van der Waals surface area contributed by atoms with Gasteiger partial charge in [0.1, 0.15) is 11.8 Å². The molecule has 148 valence electrons. The molecule has 0 saturated heterocycles. The van der Waals surface area contributed by atoms with Gasteiger partial charge >= 0.3 is 5.97 Å². The number of anilines is 1. The number of amides is 2. The molecule has 0 heterocycles. The Balaban J connectivity index is 1.89. The van der Waals surface area contributed by atoms with Crippen molar-refractivity contribution in [1.29, 1.82) is 0 Å². The van der Waals surface area contributed by atoms with Gasteiger partial charge in [0.05, 0.1) is 12.1 Å².